The van der Waals surface area contributed by atoms with E-state index in [1.54, 1.807) is 0 Å². The Hall–Kier alpha value is -2.21. The smallest absolute Gasteiger partial charge is 0.0959 e. The molecule has 0 spiro atoms. The topological polar surface area (TPSA) is 44.5 Å². The van der Waals surface area contributed by atoms with Gasteiger partial charge in [0, 0.05) is 39.3 Å². The van der Waals surface area contributed by atoms with Crippen LogP contribution in [0.3, 0.4) is 0 Å². The Kier molecular flexibility index (Phi) is 5.29. The van der Waals surface area contributed by atoms with Gasteiger partial charge in [0.1, 0.15) is 0 Å². The van der Waals surface area contributed by atoms with Crippen LogP contribution in [-0.4, -0.2) is 63.3 Å². The molecular weight excluding hydrogens is 324 g/mol. The third-order valence-electron chi connectivity index (χ3n) is 5.12. The highest BCUT2D eigenvalue weighted by Gasteiger charge is 2.19. The Morgan fingerprint density at radius 2 is 1.54 bits per heavy atom. The van der Waals surface area contributed by atoms with Gasteiger partial charge in [0.2, 0.25) is 0 Å². The number of piperazine rings is 1. The minimum absolute atomic E-state index is 0.381. The summed E-state index contributed by atoms with van der Waals surface area (Å²) in [5.74, 6) is 0. The molecule has 0 amide bonds. The summed E-state index contributed by atoms with van der Waals surface area (Å²) >= 11 is 0. The molecule has 0 saturated carbocycles. The van der Waals surface area contributed by atoms with Crippen LogP contribution in [0, 0.1) is 0 Å². The van der Waals surface area contributed by atoms with Gasteiger partial charge in [-0.2, -0.15) is 0 Å². The van der Waals surface area contributed by atoms with Crippen LogP contribution in [0.5, 0.6) is 0 Å². The van der Waals surface area contributed by atoms with Crippen LogP contribution in [-0.2, 0) is 13.1 Å². The van der Waals surface area contributed by atoms with Gasteiger partial charge in [-0.15, -0.1) is 0 Å². The molecule has 1 aliphatic heterocycles. The Morgan fingerprint density at radius 3 is 2.35 bits per heavy atom. The van der Waals surface area contributed by atoms with Crippen LogP contribution in [0.15, 0.2) is 60.9 Å². The molecule has 5 heteroatoms. The average molecular weight is 350 g/mol. The third-order valence-corrected chi connectivity index (χ3v) is 5.12. The minimum atomic E-state index is -0.381. The number of aliphatic hydroxyl groups is 1. The molecule has 4 rings (SSSR count). The highest BCUT2D eigenvalue weighted by atomic mass is 16.3. The number of rotatable bonds is 6. The van der Waals surface area contributed by atoms with E-state index in [0.29, 0.717) is 13.1 Å². The molecule has 136 valence electrons. The Balaban J connectivity index is 1.26. The van der Waals surface area contributed by atoms with Gasteiger partial charge in [0.05, 0.1) is 30.0 Å². The van der Waals surface area contributed by atoms with E-state index < -0.39 is 0 Å². The quantitative estimate of drug-likeness (QED) is 0.740. The maximum absolute atomic E-state index is 10.5. The number of nitrogens with zero attached hydrogens (tertiary/aromatic N) is 4. The van der Waals surface area contributed by atoms with Crippen LogP contribution >= 0.6 is 0 Å². The molecule has 1 aliphatic rings. The summed E-state index contributed by atoms with van der Waals surface area (Å²) in [4.78, 5) is 9.25. The van der Waals surface area contributed by atoms with E-state index in [4.69, 9.17) is 0 Å². The van der Waals surface area contributed by atoms with Crippen molar-refractivity contribution in [3.8, 4) is 0 Å². The van der Waals surface area contributed by atoms with Crippen molar-refractivity contribution in [2.45, 2.75) is 19.2 Å². The molecule has 0 bridgehead atoms. The van der Waals surface area contributed by atoms with Crippen molar-refractivity contribution in [2.24, 2.45) is 0 Å². The fourth-order valence-electron chi connectivity index (χ4n) is 3.71. The van der Waals surface area contributed by atoms with Gasteiger partial charge in [-0.25, -0.2) is 4.98 Å². The first-order chi connectivity index (χ1) is 12.8. The largest absolute Gasteiger partial charge is 0.390 e. The number of fused-ring (bicyclic) bond motifs is 1. The lowest BCUT2D eigenvalue weighted by molar-refractivity contribution is 0.0628. The van der Waals surface area contributed by atoms with E-state index in [1.165, 1.54) is 5.56 Å². The second-order valence-corrected chi connectivity index (χ2v) is 7.10. The molecule has 1 N–H and O–H groups in total. The van der Waals surface area contributed by atoms with Crippen molar-refractivity contribution in [3.63, 3.8) is 0 Å². The maximum atomic E-state index is 10.5. The molecule has 2 aromatic carbocycles. The third kappa shape index (κ3) is 4.12. The summed E-state index contributed by atoms with van der Waals surface area (Å²) in [6, 6.07) is 18.7. The Labute approximate surface area is 154 Å². The first-order valence-corrected chi connectivity index (χ1v) is 9.34. The predicted octanol–water partition coefficient (Wildman–Crippen LogP) is 2.21. The van der Waals surface area contributed by atoms with Crippen molar-refractivity contribution in [1.29, 1.82) is 0 Å². The van der Waals surface area contributed by atoms with E-state index in [0.717, 1.165) is 43.8 Å². The molecule has 1 unspecified atom stereocenters. The van der Waals surface area contributed by atoms with Gasteiger partial charge in [-0.1, -0.05) is 42.5 Å². The number of benzene rings is 2. The van der Waals surface area contributed by atoms with Crippen molar-refractivity contribution >= 4 is 11.0 Å². The van der Waals surface area contributed by atoms with Crippen LogP contribution in [0.25, 0.3) is 11.0 Å². The molecule has 1 fully saturated rings. The molecule has 0 radical (unpaired) electrons. The second kappa shape index (κ2) is 7.99. The fourth-order valence-corrected chi connectivity index (χ4v) is 3.71. The monoisotopic (exact) mass is 350 g/mol. The highest BCUT2D eigenvalue weighted by Crippen LogP contribution is 2.13. The van der Waals surface area contributed by atoms with Crippen molar-refractivity contribution in [2.75, 3.05) is 32.7 Å². The van der Waals surface area contributed by atoms with E-state index in [1.807, 2.05) is 29.1 Å². The van der Waals surface area contributed by atoms with Gasteiger partial charge in [-0.3, -0.25) is 9.80 Å². The molecule has 2 heterocycles. The first kappa shape index (κ1) is 17.2. The van der Waals surface area contributed by atoms with E-state index in [2.05, 4.69) is 51.2 Å². The number of aliphatic hydroxyl groups excluding tert-OH is 1. The molecule has 1 aromatic heterocycles. The first-order valence-electron chi connectivity index (χ1n) is 9.34. The average Bonchev–Trinajstić information content (AvgIpc) is 3.07. The van der Waals surface area contributed by atoms with Crippen LogP contribution in [0.1, 0.15) is 5.56 Å². The van der Waals surface area contributed by atoms with E-state index in [9.17, 15) is 5.11 Å². The number of aromatic nitrogens is 2. The van der Waals surface area contributed by atoms with Crippen molar-refractivity contribution < 1.29 is 5.11 Å². The molecule has 26 heavy (non-hydrogen) atoms. The van der Waals surface area contributed by atoms with Gasteiger partial charge < -0.3 is 9.67 Å². The Morgan fingerprint density at radius 1 is 0.846 bits per heavy atom. The number of β-amino-alcohol motifs (C(OH)–C–C–N with tert-alkyl or cyclic N) is 1. The molecule has 5 nitrogen and oxygen atoms in total. The van der Waals surface area contributed by atoms with E-state index in [-0.39, 0.29) is 6.10 Å². The van der Waals surface area contributed by atoms with Crippen LogP contribution in [0.4, 0.5) is 0 Å². The number of hydrogen-bond acceptors (Lipinski definition) is 4. The lowest BCUT2D eigenvalue weighted by Gasteiger charge is -2.35. The summed E-state index contributed by atoms with van der Waals surface area (Å²) in [7, 11) is 0. The lowest BCUT2D eigenvalue weighted by atomic mass is 10.2. The second-order valence-electron chi connectivity index (χ2n) is 7.10. The molecule has 1 atom stereocenters. The standard InChI is InChI=1S/C21H26N4O/c26-19(16-25-17-22-20-8-4-5-9-21(20)25)15-24-12-10-23(11-13-24)14-18-6-2-1-3-7-18/h1-9,17,19,26H,10-16H2. The van der Waals surface area contributed by atoms with Crippen molar-refractivity contribution in [1.82, 2.24) is 19.4 Å². The summed E-state index contributed by atoms with van der Waals surface area (Å²) in [5.41, 5.74) is 3.43. The summed E-state index contributed by atoms with van der Waals surface area (Å²) < 4.78 is 2.05. The van der Waals surface area contributed by atoms with Crippen LogP contribution < -0.4 is 0 Å². The fraction of sp³-hybridized carbons (Fsp3) is 0.381. The normalized spacial score (nSPS) is 17.6. The zero-order valence-corrected chi connectivity index (χ0v) is 15.0. The molecule has 1 saturated heterocycles. The highest BCUT2D eigenvalue weighted by molar-refractivity contribution is 5.74. The van der Waals surface area contributed by atoms with Crippen LogP contribution in [0.2, 0.25) is 0 Å². The minimum Gasteiger partial charge on any atom is -0.390 e. The van der Waals surface area contributed by atoms with Gasteiger partial charge >= 0.3 is 0 Å². The Bertz CT molecular complexity index is 824. The van der Waals surface area contributed by atoms with Gasteiger partial charge in [0.25, 0.3) is 0 Å². The SMILES string of the molecule is OC(CN1CCN(Cc2ccccc2)CC1)Cn1cnc2ccccc21. The van der Waals surface area contributed by atoms with E-state index >= 15 is 0 Å². The number of hydrogen-bond donors (Lipinski definition) is 1. The maximum Gasteiger partial charge on any atom is 0.0959 e. The van der Waals surface area contributed by atoms with Gasteiger partial charge in [-0.05, 0) is 17.7 Å². The summed E-state index contributed by atoms with van der Waals surface area (Å²) in [6.45, 7) is 6.43. The summed E-state index contributed by atoms with van der Waals surface area (Å²) in [5, 5.41) is 10.5. The summed E-state index contributed by atoms with van der Waals surface area (Å²) in [6.07, 6.45) is 1.44. The number of para-hydroxylation sites is 2. The zero-order chi connectivity index (χ0) is 17.8. The van der Waals surface area contributed by atoms with Crippen molar-refractivity contribution in [3.05, 3.63) is 66.5 Å². The van der Waals surface area contributed by atoms with Gasteiger partial charge in [0.15, 0.2) is 0 Å². The molecule has 0 aliphatic carbocycles. The lowest BCUT2D eigenvalue weighted by Crippen LogP contribution is -2.48. The predicted molar refractivity (Wildman–Crippen MR) is 104 cm³/mol. The molecular formula is C21H26N4O. The molecule has 3 aromatic rings. The number of imidazole rings is 1. The zero-order valence-electron chi connectivity index (χ0n) is 15.0.